The third kappa shape index (κ3) is 5.09. The van der Waals surface area contributed by atoms with Crippen LogP contribution in [0.4, 0.5) is 9.93 Å². The number of amides is 3. The van der Waals surface area contributed by atoms with Gasteiger partial charge in [0.15, 0.2) is 5.13 Å². The van der Waals surface area contributed by atoms with E-state index in [2.05, 4.69) is 43.4 Å². The molecule has 3 amide bonds. The van der Waals surface area contributed by atoms with Gasteiger partial charge >= 0.3 is 6.03 Å². The Kier molecular flexibility index (Phi) is 6.53. The predicted octanol–water partition coefficient (Wildman–Crippen LogP) is 4.10. The largest absolute Gasteiger partial charge is 0.334 e. The molecule has 8 nitrogen and oxygen atoms in total. The number of aromatic nitrogens is 3. The average Bonchev–Trinajstić information content (AvgIpc) is 3.54. The minimum atomic E-state index is -0.220. The van der Waals surface area contributed by atoms with E-state index in [-0.39, 0.29) is 17.9 Å². The third-order valence-corrected chi connectivity index (χ3v) is 6.78. The Labute approximate surface area is 201 Å². The van der Waals surface area contributed by atoms with Crippen molar-refractivity contribution in [1.82, 2.24) is 24.8 Å². The molecule has 1 unspecified atom stereocenters. The monoisotopic (exact) mass is 474 g/mol. The quantitative estimate of drug-likeness (QED) is 0.440. The van der Waals surface area contributed by atoms with Gasteiger partial charge in [0.2, 0.25) is 5.91 Å². The van der Waals surface area contributed by atoms with Crippen molar-refractivity contribution >= 4 is 39.4 Å². The van der Waals surface area contributed by atoms with Gasteiger partial charge in [0, 0.05) is 37.8 Å². The Morgan fingerprint density at radius 1 is 1.06 bits per heavy atom. The van der Waals surface area contributed by atoms with Crippen molar-refractivity contribution < 1.29 is 9.59 Å². The molecule has 3 heterocycles. The lowest BCUT2D eigenvalue weighted by molar-refractivity contribution is -0.121. The number of urea groups is 1. The summed E-state index contributed by atoms with van der Waals surface area (Å²) in [5.41, 5.74) is 4.30. The predicted molar refractivity (Wildman–Crippen MR) is 133 cm³/mol. The summed E-state index contributed by atoms with van der Waals surface area (Å²) in [6, 6.07) is 16.2. The van der Waals surface area contributed by atoms with E-state index < -0.39 is 0 Å². The molecule has 2 N–H and O–H groups in total. The smallest absolute Gasteiger partial charge is 0.317 e. The molecular weight excluding hydrogens is 448 g/mol. The van der Waals surface area contributed by atoms with Gasteiger partial charge in [-0.05, 0) is 36.1 Å². The van der Waals surface area contributed by atoms with Crippen LogP contribution < -0.4 is 10.6 Å². The zero-order valence-corrected chi connectivity index (χ0v) is 19.5. The number of piperidine rings is 1. The normalized spacial score (nSPS) is 15.9. The molecule has 4 aromatic rings. The molecule has 5 rings (SSSR count). The number of benzene rings is 2. The van der Waals surface area contributed by atoms with E-state index in [1.165, 1.54) is 16.9 Å². The minimum Gasteiger partial charge on any atom is -0.334 e. The summed E-state index contributed by atoms with van der Waals surface area (Å²) in [7, 11) is 0. The standard InChI is InChI=1S/C25H26N6O2S/c32-23(29-24-26-11-13-34-24)20-4-3-12-30(16-20)25(33)27-14-18-7-9-19(10-8-18)15-31-17-28-21-5-1-2-6-22(21)31/h1-2,5-11,13,17,20H,3-4,12,14-16H2,(H,27,33)(H,26,29,32). The van der Waals surface area contributed by atoms with Gasteiger partial charge in [-0.3, -0.25) is 4.79 Å². The van der Waals surface area contributed by atoms with E-state index in [9.17, 15) is 9.59 Å². The van der Waals surface area contributed by atoms with Gasteiger partial charge in [0.05, 0.1) is 23.3 Å². The van der Waals surface area contributed by atoms with Gasteiger partial charge in [-0.15, -0.1) is 11.3 Å². The first-order valence-corrected chi connectivity index (χ1v) is 12.2. The summed E-state index contributed by atoms with van der Waals surface area (Å²) in [5.74, 6) is -0.296. The molecule has 0 radical (unpaired) electrons. The second-order valence-corrected chi connectivity index (χ2v) is 9.34. The molecular formula is C25H26N6O2S. The number of para-hydroxylation sites is 2. The second-order valence-electron chi connectivity index (χ2n) is 8.45. The maximum Gasteiger partial charge on any atom is 0.317 e. The number of thiazole rings is 1. The lowest BCUT2D eigenvalue weighted by Crippen LogP contribution is -2.47. The van der Waals surface area contributed by atoms with E-state index >= 15 is 0 Å². The number of anilines is 1. The molecule has 174 valence electrons. The van der Waals surface area contributed by atoms with Crippen molar-refractivity contribution in [3.8, 4) is 0 Å². The molecule has 1 atom stereocenters. The number of rotatable bonds is 6. The highest BCUT2D eigenvalue weighted by Crippen LogP contribution is 2.20. The van der Waals surface area contributed by atoms with Gasteiger partial charge in [-0.2, -0.15) is 0 Å². The van der Waals surface area contributed by atoms with Crippen LogP contribution in [0, 0.1) is 5.92 Å². The molecule has 1 fully saturated rings. The van der Waals surface area contributed by atoms with Crippen molar-refractivity contribution in [2.45, 2.75) is 25.9 Å². The van der Waals surface area contributed by atoms with E-state index in [1.807, 2.05) is 42.0 Å². The minimum absolute atomic E-state index is 0.0753. The SMILES string of the molecule is O=C(Nc1nccs1)C1CCCN(C(=O)NCc2ccc(Cn3cnc4ccccc43)cc2)C1. The number of likely N-dealkylation sites (tertiary alicyclic amines) is 1. The van der Waals surface area contributed by atoms with Gasteiger partial charge in [-0.1, -0.05) is 36.4 Å². The van der Waals surface area contributed by atoms with Crippen LogP contribution in [0.1, 0.15) is 24.0 Å². The Bertz CT molecular complexity index is 1270. The summed E-state index contributed by atoms with van der Waals surface area (Å²) in [4.78, 5) is 35.5. The molecule has 2 aromatic heterocycles. The fraction of sp³-hybridized carbons (Fsp3) is 0.280. The molecule has 0 aliphatic carbocycles. The summed E-state index contributed by atoms with van der Waals surface area (Å²) in [5, 5.41) is 8.25. The fourth-order valence-corrected chi connectivity index (χ4v) is 4.79. The first-order valence-electron chi connectivity index (χ1n) is 11.4. The summed E-state index contributed by atoms with van der Waals surface area (Å²) in [6.07, 6.45) is 5.10. The van der Waals surface area contributed by atoms with Gasteiger partial charge in [0.25, 0.3) is 0 Å². The fourth-order valence-electron chi connectivity index (χ4n) is 4.25. The maximum atomic E-state index is 12.7. The molecule has 1 aliphatic rings. The molecule has 1 saturated heterocycles. The number of carbonyl (C=O) groups is 2. The second kappa shape index (κ2) is 10.0. The van der Waals surface area contributed by atoms with E-state index in [0.717, 1.165) is 36.0 Å². The first kappa shape index (κ1) is 22.1. The topological polar surface area (TPSA) is 92.1 Å². The molecule has 0 spiro atoms. The Morgan fingerprint density at radius 2 is 1.88 bits per heavy atom. The third-order valence-electron chi connectivity index (χ3n) is 6.09. The van der Waals surface area contributed by atoms with Crippen LogP contribution in [0.3, 0.4) is 0 Å². The van der Waals surface area contributed by atoms with Gasteiger partial charge in [0.1, 0.15) is 0 Å². The van der Waals surface area contributed by atoms with Gasteiger partial charge < -0.3 is 20.1 Å². The molecule has 1 aliphatic heterocycles. The zero-order valence-electron chi connectivity index (χ0n) is 18.7. The Morgan fingerprint density at radius 3 is 2.71 bits per heavy atom. The van der Waals surface area contributed by atoms with Crippen LogP contribution in [-0.2, 0) is 17.9 Å². The Balaban J connectivity index is 1.12. The van der Waals surface area contributed by atoms with Crippen molar-refractivity contribution in [2.24, 2.45) is 5.92 Å². The number of nitrogens with one attached hydrogen (secondary N) is 2. The number of nitrogens with zero attached hydrogens (tertiary/aromatic N) is 4. The highest BCUT2D eigenvalue weighted by molar-refractivity contribution is 7.13. The van der Waals surface area contributed by atoms with Crippen LogP contribution in [0.15, 0.2) is 66.4 Å². The molecule has 9 heteroatoms. The van der Waals surface area contributed by atoms with Crippen LogP contribution in [0.25, 0.3) is 11.0 Å². The van der Waals surface area contributed by atoms with Crippen LogP contribution in [-0.4, -0.2) is 44.5 Å². The number of imidazole rings is 1. The Hall–Kier alpha value is -3.72. The summed E-state index contributed by atoms with van der Waals surface area (Å²) in [6.45, 7) is 2.26. The van der Waals surface area contributed by atoms with E-state index in [1.54, 1.807) is 11.1 Å². The number of fused-ring (bicyclic) bond motifs is 1. The molecule has 0 bridgehead atoms. The molecule has 2 aromatic carbocycles. The number of carbonyl (C=O) groups excluding carboxylic acids is 2. The first-order chi connectivity index (χ1) is 16.7. The molecule has 0 saturated carbocycles. The summed E-state index contributed by atoms with van der Waals surface area (Å²) >= 11 is 1.39. The molecule has 34 heavy (non-hydrogen) atoms. The average molecular weight is 475 g/mol. The number of hydrogen-bond donors (Lipinski definition) is 2. The number of hydrogen-bond acceptors (Lipinski definition) is 5. The van der Waals surface area contributed by atoms with Crippen molar-refractivity contribution in [1.29, 1.82) is 0 Å². The zero-order chi connectivity index (χ0) is 23.3. The van der Waals surface area contributed by atoms with E-state index in [0.29, 0.717) is 24.8 Å². The van der Waals surface area contributed by atoms with Crippen LogP contribution in [0.2, 0.25) is 0 Å². The van der Waals surface area contributed by atoms with Crippen molar-refractivity contribution in [3.05, 3.63) is 77.6 Å². The van der Waals surface area contributed by atoms with Gasteiger partial charge in [-0.25, -0.2) is 14.8 Å². The maximum absolute atomic E-state index is 12.7. The lowest BCUT2D eigenvalue weighted by Gasteiger charge is -2.31. The van der Waals surface area contributed by atoms with Crippen LogP contribution >= 0.6 is 11.3 Å². The lowest BCUT2D eigenvalue weighted by atomic mass is 9.97. The van der Waals surface area contributed by atoms with Crippen LogP contribution in [0.5, 0.6) is 0 Å². The highest BCUT2D eigenvalue weighted by atomic mass is 32.1. The van der Waals surface area contributed by atoms with E-state index in [4.69, 9.17) is 0 Å². The van der Waals surface area contributed by atoms with Crippen molar-refractivity contribution in [3.63, 3.8) is 0 Å². The highest BCUT2D eigenvalue weighted by Gasteiger charge is 2.28. The summed E-state index contributed by atoms with van der Waals surface area (Å²) < 4.78 is 2.13. The van der Waals surface area contributed by atoms with Crippen molar-refractivity contribution in [2.75, 3.05) is 18.4 Å².